The first-order valence-corrected chi connectivity index (χ1v) is 6.01. The molecule has 1 aromatic carbocycles. The molecule has 2 nitrogen and oxygen atoms in total. The molecule has 1 aliphatic rings. The Morgan fingerprint density at radius 1 is 1.44 bits per heavy atom. The summed E-state index contributed by atoms with van der Waals surface area (Å²) in [7, 11) is 0. The summed E-state index contributed by atoms with van der Waals surface area (Å²) in [5, 5.41) is 8.85. The van der Waals surface area contributed by atoms with E-state index in [-0.39, 0.29) is 5.92 Å². The number of hydrogen-bond acceptors (Lipinski definition) is 1. The average Bonchev–Trinajstić information content (AvgIpc) is 2.73. The molecular weight excluding hydrogens is 200 g/mol. The number of benzene rings is 1. The number of hydrogen-bond donors (Lipinski definition) is 1. The normalized spacial score (nSPS) is 15.8. The molecule has 16 heavy (non-hydrogen) atoms. The van der Waals surface area contributed by atoms with E-state index in [0.717, 1.165) is 12.8 Å². The molecule has 0 fully saturated rings. The van der Waals surface area contributed by atoms with Gasteiger partial charge in [-0.1, -0.05) is 25.1 Å². The number of rotatable bonds is 4. The van der Waals surface area contributed by atoms with Crippen LogP contribution in [0.3, 0.4) is 0 Å². The molecule has 1 unspecified atom stereocenters. The Kier molecular flexibility index (Phi) is 3.28. The fraction of sp³-hybridized carbons (Fsp3) is 0.500. The van der Waals surface area contributed by atoms with Crippen LogP contribution in [-0.2, 0) is 24.1 Å². The number of carbonyl (C=O) groups is 1. The first kappa shape index (κ1) is 11.2. The summed E-state index contributed by atoms with van der Waals surface area (Å²) >= 11 is 0. The first-order chi connectivity index (χ1) is 7.68. The third-order valence-corrected chi connectivity index (χ3v) is 3.51. The maximum atomic E-state index is 10.8. The van der Waals surface area contributed by atoms with Crippen molar-refractivity contribution in [1.82, 2.24) is 0 Å². The molecule has 2 heteroatoms. The molecule has 1 atom stereocenters. The minimum absolute atomic E-state index is 0.239. The van der Waals surface area contributed by atoms with Gasteiger partial charge in [0, 0.05) is 0 Å². The first-order valence-electron chi connectivity index (χ1n) is 6.01. The van der Waals surface area contributed by atoms with Crippen LogP contribution in [-0.4, -0.2) is 11.1 Å². The summed E-state index contributed by atoms with van der Waals surface area (Å²) in [5.41, 5.74) is 4.32. The Morgan fingerprint density at radius 2 is 2.25 bits per heavy atom. The van der Waals surface area contributed by atoms with E-state index in [9.17, 15) is 4.79 Å². The van der Waals surface area contributed by atoms with Gasteiger partial charge in [-0.25, -0.2) is 0 Å². The number of aliphatic carboxylic acids is 1. The molecule has 1 aliphatic carbocycles. The highest BCUT2D eigenvalue weighted by Gasteiger charge is 2.16. The number of carboxylic acid groups (broad SMARTS) is 1. The molecule has 0 heterocycles. The van der Waals surface area contributed by atoms with Crippen molar-refractivity contribution in [1.29, 1.82) is 0 Å². The SMILES string of the molecule is CC(CCc1cccc2c1CCC2)C(=O)O. The maximum Gasteiger partial charge on any atom is 0.306 e. The highest BCUT2D eigenvalue weighted by atomic mass is 16.4. The largest absolute Gasteiger partial charge is 0.481 e. The molecule has 0 amide bonds. The molecule has 0 bridgehead atoms. The van der Waals surface area contributed by atoms with Crippen molar-refractivity contribution in [3.05, 3.63) is 34.9 Å². The summed E-state index contributed by atoms with van der Waals surface area (Å²) in [6, 6.07) is 6.45. The lowest BCUT2D eigenvalue weighted by Crippen LogP contribution is -2.10. The molecule has 86 valence electrons. The molecule has 0 saturated carbocycles. The van der Waals surface area contributed by atoms with Crippen LogP contribution in [0.5, 0.6) is 0 Å². The summed E-state index contributed by atoms with van der Waals surface area (Å²) in [6.45, 7) is 1.78. The van der Waals surface area contributed by atoms with Crippen molar-refractivity contribution < 1.29 is 9.90 Å². The van der Waals surface area contributed by atoms with Gasteiger partial charge in [-0.15, -0.1) is 0 Å². The standard InChI is InChI=1S/C14H18O2/c1-10(14(15)16)8-9-12-5-2-4-11-6-3-7-13(11)12/h2,4-5,10H,3,6-9H2,1H3,(H,15,16). The van der Waals surface area contributed by atoms with Crippen LogP contribution < -0.4 is 0 Å². The van der Waals surface area contributed by atoms with Gasteiger partial charge >= 0.3 is 5.97 Å². The summed E-state index contributed by atoms with van der Waals surface area (Å²) in [5.74, 6) is -0.926. The average molecular weight is 218 g/mol. The van der Waals surface area contributed by atoms with Gasteiger partial charge in [0.25, 0.3) is 0 Å². The van der Waals surface area contributed by atoms with E-state index >= 15 is 0 Å². The minimum atomic E-state index is -0.687. The predicted molar refractivity (Wildman–Crippen MR) is 63.6 cm³/mol. The van der Waals surface area contributed by atoms with Crippen molar-refractivity contribution in [2.75, 3.05) is 0 Å². The van der Waals surface area contributed by atoms with Crippen LogP contribution in [0.1, 0.15) is 36.5 Å². The summed E-state index contributed by atoms with van der Waals surface area (Å²) < 4.78 is 0. The maximum absolute atomic E-state index is 10.8. The Labute approximate surface area is 96.3 Å². The molecule has 0 saturated heterocycles. The van der Waals surface area contributed by atoms with E-state index < -0.39 is 5.97 Å². The van der Waals surface area contributed by atoms with E-state index in [2.05, 4.69) is 18.2 Å². The van der Waals surface area contributed by atoms with Crippen LogP contribution in [0.15, 0.2) is 18.2 Å². The van der Waals surface area contributed by atoms with Crippen LogP contribution in [0.25, 0.3) is 0 Å². The zero-order valence-corrected chi connectivity index (χ0v) is 9.70. The van der Waals surface area contributed by atoms with Gasteiger partial charge in [-0.3, -0.25) is 4.79 Å². The summed E-state index contributed by atoms with van der Waals surface area (Å²) in [4.78, 5) is 10.8. The molecular formula is C14H18O2. The molecule has 0 spiro atoms. The Bertz CT molecular complexity index is 396. The number of aryl methyl sites for hydroxylation is 2. The molecule has 2 rings (SSSR count). The van der Waals surface area contributed by atoms with Crippen LogP contribution >= 0.6 is 0 Å². The monoisotopic (exact) mass is 218 g/mol. The molecule has 0 radical (unpaired) electrons. The van der Waals surface area contributed by atoms with Crippen molar-refractivity contribution in [3.8, 4) is 0 Å². The van der Waals surface area contributed by atoms with Gasteiger partial charge in [-0.2, -0.15) is 0 Å². The van der Waals surface area contributed by atoms with E-state index in [1.165, 1.54) is 36.0 Å². The lowest BCUT2D eigenvalue weighted by molar-refractivity contribution is -0.141. The third kappa shape index (κ3) is 2.26. The second-order valence-corrected chi connectivity index (χ2v) is 4.69. The van der Waals surface area contributed by atoms with Gasteiger partial charge in [0.05, 0.1) is 5.92 Å². The van der Waals surface area contributed by atoms with Crippen molar-refractivity contribution >= 4 is 5.97 Å². The van der Waals surface area contributed by atoms with E-state index in [1.54, 1.807) is 6.92 Å². The van der Waals surface area contributed by atoms with Gasteiger partial charge in [0.1, 0.15) is 0 Å². The Morgan fingerprint density at radius 3 is 3.00 bits per heavy atom. The van der Waals surface area contributed by atoms with Crippen molar-refractivity contribution in [2.45, 2.75) is 39.0 Å². The topological polar surface area (TPSA) is 37.3 Å². The predicted octanol–water partition coefficient (Wildman–Crippen LogP) is 2.83. The fourth-order valence-electron chi connectivity index (χ4n) is 2.43. The second-order valence-electron chi connectivity index (χ2n) is 4.69. The Hall–Kier alpha value is -1.31. The minimum Gasteiger partial charge on any atom is -0.481 e. The zero-order valence-electron chi connectivity index (χ0n) is 9.70. The van der Waals surface area contributed by atoms with E-state index in [4.69, 9.17) is 5.11 Å². The van der Waals surface area contributed by atoms with Gasteiger partial charge < -0.3 is 5.11 Å². The summed E-state index contributed by atoms with van der Waals surface area (Å²) in [6.07, 6.45) is 5.26. The van der Waals surface area contributed by atoms with Crippen molar-refractivity contribution in [2.24, 2.45) is 5.92 Å². The highest BCUT2D eigenvalue weighted by Crippen LogP contribution is 2.26. The molecule has 0 aliphatic heterocycles. The smallest absolute Gasteiger partial charge is 0.306 e. The third-order valence-electron chi connectivity index (χ3n) is 3.51. The van der Waals surface area contributed by atoms with Gasteiger partial charge in [-0.05, 0) is 48.8 Å². The number of fused-ring (bicyclic) bond motifs is 1. The Balaban J connectivity index is 2.05. The molecule has 1 N–H and O–H groups in total. The highest BCUT2D eigenvalue weighted by molar-refractivity contribution is 5.69. The molecule has 0 aromatic heterocycles. The zero-order chi connectivity index (χ0) is 11.5. The fourth-order valence-corrected chi connectivity index (χ4v) is 2.43. The number of carboxylic acids is 1. The quantitative estimate of drug-likeness (QED) is 0.843. The van der Waals surface area contributed by atoms with E-state index in [0.29, 0.717) is 0 Å². The van der Waals surface area contributed by atoms with Gasteiger partial charge in [0.15, 0.2) is 0 Å². The van der Waals surface area contributed by atoms with Crippen LogP contribution in [0.4, 0.5) is 0 Å². The second kappa shape index (κ2) is 4.69. The van der Waals surface area contributed by atoms with Crippen LogP contribution in [0.2, 0.25) is 0 Å². The van der Waals surface area contributed by atoms with E-state index in [1.807, 2.05) is 0 Å². The van der Waals surface area contributed by atoms with Crippen molar-refractivity contribution in [3.63, 3.8) is 0 Å². The lowest BCUT2D eigenvalue weighted by atomic mass is 9.96. The van der Waals surface area contributed by atoms with Gasteiger partial charge in [0.2, 0.25) is 0 Å². The molecule has 1 aromatic rings. The lowest BCUT2D eigenvalue weighted by Gasteiger charge is -2.10. The van der Waals surface area contributed by atoms with Crippen LogP contribution in [0, 0.1) is 5.92 Å².